The molecule has 0 atom stereocenters. The molecule has 0 aliphatic rings. The maximum Gasteiger partial charge on any atom is 0.254 e. The van der Waals surface area contributed by atoms with E-state index in [9.17, 15) is 4.79 Å². The highest BCUT2D eigenvalue weighted by atomic mass is 16.1. The molecule has 1 heterocycles. The molecular weight excluding hydrogens is 288 g/mol. The Bertz CT molecular complexity index is 782. The van der Waals surface area contributed by atoms with Crippen molar-refractivity contribution in [2.45, 2.75) is 6.42 Å². The molecule has 0 saturated carbocycles. The highest BCUT2D eigenvalue weighted by molar-refractivity contribution is 6.04. The second kappa shape index (κ2) is 7.07. The molecule has 2 aromatic carbocycles. The lowest BCUT2D eigenvalue weighted by Gasteiger charge is -2.17. The number of imidazole rings is 1. The van der Waals surface area contributed by atoms with Crippen LogP contribution in [-0.4, -0.2) is 41.0 Å². The first kappa shape index (κ1) is 15.2. The van der Waals surface area contributed by atoms with Gasteiger partial charge in [-0.25, -0.2) is 4.98 Å². The molecule has 0 bridgehead atoms. The van der Waals surface area contributed by atoms with Gasteiger partial charge in [-0.05, 0) is 31.2 Å². The molecule has 3 rings (SSSR count). The van der Waals surface area contributed by atoms with Gasteiger partial charge in [0.15, 0.2) is 0 Å². The number of hydrogen-bond acceptors (Lipinski definition) is 3. The van der Waals surface area contributed by atoms with Crippen LogP contribution in [0.15, 0.2) is 54.9 Å². The van der Waals surface area contributed by atoms with Crippen LogP contribution in [0.25, 0.3) is 11.0 Å². The summed E-state index contributed by atoms with van der Waals surface area (Å²) in [5, 5.41) is 2.95. The molecule has 118 valence electrons. The monoisotopic (exact) mass is 308 g/mol. The van der Waals surface area contributed by atoms with Gasteiger partial charge in [0.2, 0.25) is 0 Å². The second-order valence-corrected chi connectivity index (χ2v) is 5.58. The van der Waals surface area contributed by atoms with Gasteiger partial charge in [0, 0.05) is 6.54 Å². The lowest BCUT2D eigenvalue weighted by Crippen LogP contribution is -2.36. The normalized spacial score (nSPS) is 11.0. The maximum atomic E-state index is 12.3. The van der Waals surface area contributed by atoms with E-state index in [4.69, 9.17) is 0 Å². The Morgan fingerprint density at radius 1 is 1.17 bits per heavy atom. The first-order valence-electron chi connectivity index (χ1n) is 7.67. The average molecular weight is 308 g/mol. The minimum absolute atomic E-state index is 0.103. The first-order chi connectivity index (χ1) is 11.2. The summed E-state index contributed by atoms with van der Waals surface area (Å²) in [5.74, 6) is -0.103. The first-order valence-corrected chi connectivity index (χ1v) is 7.67. The van der Waals surface area contributed by atoms with Crippen molar-refractivity contribution in [3.8, 4) is 0 Å². The van der Waals surface area contributed by atoms with Crippen LogP contribution in [-0.2, 0) is 6.42 Å². The molecule has 2 N–H and O–H groups in total. The van der Waals surface area contributed by atoms with Crippen LogP contribution in [0.3, 0.4) is 0 Å². The van der Waals surface area contributed by atoms with Crippen molar-refractivity contribution in [1.29, 1.82) is 0 Å². The summed E-state index contributed by atoms with van der Waals surface area (Å²) in [7, 11) is 2.00. The number of nitrogens with zero attached hydrogens (tertiary/aromatic N) is 2. The van der Waals surface area contributed by atoms with Gasteiger partial charge in [-0.15, -0.1) is 0 Å². The number of hydrogen-bond donors (Lipinski definition) is 2. The van der Waals surface area contributed by atoms with E-state index in [1.54, 1.807) is 12.4 Å². The van der Waals surface area contributed by atoms with E-state index in [2.05, 4.69) is 32.3 Å². The number of benzene rings is 2. The summed E-state index contributed by atoms with van der Waals surface area (Å²) in [6.45, 7) is 1.39. The SMILES string of the molecule is CN(CCc1ccccc1)CNC(=O)c1cccc2[nH]cnc12. The predicted octanol–water partition coefficient (Wildman–Crippen LogP) is 2.42. The third kappa shape index (κ3) is 3.76. The molecule has 0 aliphatic heterocycles. The van der Waals surface area contributed by atoms with Gasteiger partial charge in [0.1, 0.15) is 5.52 Å². The number of carbonyl (C=O) groups is 1. The van der Waals surface area contributed by atoms with Gasteiger partial charge >= 0.3 is 0 Å². The molecule has 3 aromatic rings. The van der Waals surface area contributed by atoms with Gasteiger partial charge in [0.25, 0.3) is 5.91 Å². The zero-order valence-corrected chi connectivity index (χ0v) is 13.1. The van der Waals surface area contributed by atoms with Gasteiger partial charge < -0.3 is 10.3 Å². The van der Waals surface area contributed by atoms with Crippen LogP contribution in [0.2, 0.25) is 0 Å². The summed E-state index contributed by atoms with van der Waals surface area (Å²) in [5.41, 5.74) is 3.47. The lowest BCUT2D eigenvalue weighted by atomic mass is 10.1. The fraction of sp³-hybridized carbons (Fsp3) is 0.222. The molecule has 0 fully saturated rings. The Kier molecular flexibility index (Phi) is 4.68. The smallest absolute Gasteiger partial charge is 0.254 e. The third-order valence-electron chi connectivity index (χ3n) is 3.83. The molecule has 0 radical (unpaired) electrons. The number of H-pyrrole nitrogens is 1. The number of aromatic nitrogens is 2. The van der Waals surface area contributed by atoms with Crippen molar-refractivity contribution in [3.05, 3.63) is 66.0 Å². The molecule has 23 heavy (non-hydrogen) atoms. The molecule has 0 spiro atoms. The fourth-order valence-corrected chi connectivity index (χ4v) is 2.49. The average Bonchev–Trinajstić information content (AvgIpc) is 3.07. The predicted molar refractivity (Wildman–Crippen MR) is 91.2 cm³/mol. The number of rotatable bonds is 6. The van der Waals surface area contributed by atoms with E-state index in [0.717, 1.165) is 18.5 Å². The number of para-hydroxylation sites is 1. The number of aromatic amines is 1. The summed E-state index contributed by atoms with van der Waals surface area (Å²) in [6, 6.07) is 15.9. The summed E-state index contributed by atoms with van der Waals surface area (Å²) in [6.07, 6.45) is 2.57. The van der Waals surface area contributed by atoms with Gasteiger partial charge in [-0.2, -0.15) is 0 Å². The largest absolute Gasteiger partial charge is 0.345 e. The number of nitrogens with one attached hydrogen (secondary N) is 2. The van der Waals surface area contributed by atoms with Crippen LogP contribution in [0.1, 0.15) is 15.9 Å². The van der Waals surface area contributed by atoms with E-state index >= 15 is 0 Å². The van der Waals surface area contributed by atoms with E-state index < -0.39 is 0 Å². The van der Waals surface area contributed by atoms with E-state index in [-0.39, 0.29) is 5.91 Å². The Hall–Kier alpha value is -2.66. The highest BCUT2D eigenvalue weighted by Crippen LogP contribution is 2.14. The van der Waals surface area contributed by atoms with E-state index in [1.807, 2.05) is 37.4 Å². The van der Waals surface area contributed by atoms with Crippen LogP contribution < -0.4 is 5.32 Å². The van der Waals surface area contributed by atoms with Crippen LogP contribution in [0.5, 0.6) is 0 Å². The van der Waals surface area contributed by atoms with Crippen LogP contribution in [0.4, 0.5) is 0 Å². The van der Waals surface area contributed by atoms with Gasteiger partial charge in [-0.3, -0.25) is 9.69 Å². The lowest BCUT2D eigenvalue weighted by molar-refractivity contribution is 0.0932. The van der Waals surface area contributed by atoms with Crippen LogP contribution >= 0.6 is 0 Å². The quantitative estimate of drug-likeness (QED) is 0.688. The molecule has 0 unspecified atom stereocenters. The molecule has 5 heteroatoms. The topological polar surface area (TPSA) is 61.0 Å². The zero-order chi connectivity index (χ0) is 16.1. The number of amides is 1. The molecule has 1 aromatic heterocycles. The summed E-state index contributed by atoms with van der Waals surface area (Å²) >= 11 is 0. The molecular formula is C18H20N4O. The van der Waals surface area contributed by atoms with E-state index in [0.29, 0.717) is 17.7 Å². The van der Waals surface area contributed by atoms with Crippen molar-refractivity contribution >= 4 is 16.9 Å². The van der Waals surface area contributed by atoms with Crippen molar-refractivity contribution in [2.75, 3.05) is 20.3 Å². The summed E-state index contributed by atoms with van der Waals surface area (Å²) < 4.78 is 0. The van der Waals surface area contributed by atoms with Crippen molar-refractivity contribution in [3.63, 3.8) is 0 Å². The Morgan fingerprint density at radius 3 is 2.83 bits per heavy atom. The van der Waals surface area contributed by atoms with Gasteiger partial charge in [0.05, 0.1) is 24.1 Å². The third-order valence-corrected chi connectivity index (χ3v) is 3.83. The van der Waals surface area contributed by atoms with Crippen LogP contribution in [0, 0.1) is 0 Å². The number of carbonyl (C=O) groups excluding carboxylic acids is 1. The molecule has 0 aliphatic carbocycles. The Labute approximate surface area is 135 Å². The Morgan fingerprint density at radius 2 is 2.00 bits per heavy atom. The zero-order valence-electron chi connectivity index (χ0n) is 13.1. The minimum atomic E-state index is -0.103. The van der Waals surface area contributed by atoms with Gasteiger partial charge in [-0.1, -0.05) is 36.4 Å². The minimum Gasteiger partial charge on any atom is -0.345 e. The summed E-state index contributed by atoms with van der Waals surface area (Å²) in [4.78, 5) is 21.7. The standard InChI is InChI=1S/C18H20N4O/c1-22(11-10-14-6-3-2-4-7-14)13-21-18(23)15-8-5-9-16-17(15)20-12-19-16/h2-9,12H,10-11,13H2,1H3,(H,19,20)(H,21,23). The van der Waals surface area contributed by atoms with Crippen molar-refractivity contribution < 1.29 is 4.79 Å². The highest BCUT2D eigenvalue weighted by Gasteiger charge is 2.11. The second-order valence-electron chi connectivity index (χ2n) is 5.58. The fourth-order valence-electron chi connectivity index (χ4n) is 2.49. The maximum absolute atomic E-state index is 12.3. The molecule has 0 saturated heterocycles. The number of likely N-dealkylation sites (N-methyl/N-ethyl adjacent to an activating group) is 1. The van der Waals surface area contributed by atoms with Crippen molar-refractivity contribution in [2.24, 2.45) is 0 Å². The number of fused-ring (bicyclic) bond motifs is 1. The molecule has 1 amide bonds. The van der Waals surface area contributed by atoms with E-state index in [1.165, 1.54) is 5.56 Å². The molecule has 5 nitrogen and oxygen atoms in total. The van der Waals surface area contributed by atoms with Crippen molar-refractivity contribution in [1.82, 2.24) is 20.2 Å². The Balaban J connectivity index is 1.53.